The molecule has 18 rings (SSSR count). The Morgan fingerprint density at radius 1 is 0.114 bits per heavy atom. The van der Waals surface area contributed by atoms with E-state index in [1.54, 1.807) is 37.2 Å². The molecule has 0 aliphatic heterocycles. The minimum atomic E-state index is -1.19. The van der Waals surface area contributed by atoms with Crippen LogP contribution < -0.4 is 63.7 Å². The molecule has 18 aromatic rings. The average Bonchev–Trinajstić information content (AvgIpc) is 0.868. The first-order chi connectivity index (χ1) is 59.6. The van der Waals surface area contributed by atoms with Crippen LogP contribution in [0.5, 0.6) is 0 Å². The molecule has 0 fully saturated rings. The van der Waals surface area contributed by atoms with Gasteiger partial charge < -0.3 is 60.4 Å². The molecule has 0 aliphatic rings. The van der Waals surface area contributed by atoms with Crippen molar-refractivity contribution in [1.29, 1.82) is 0 Å². The van der Waals surface area contributed by atoms with Crippen LogP contribution in [0.2, 0.25) is 0 Å². The normalized spacial score (nSPS) is 10.2. The van der Waals surface area contributed by atoms with Gasteiger partial charge in [0.25, 0.3) is 0 Å². The van der Waals surface area contributed by atoms with Crippen molar-refractivity contribution in [2.75, 3.05) is 0 Å². The van der Waals surface area contributed by atoms with E-state index in [-0.39, 0.29) is 61.3 Å². The van der Waals surface area contributed by atoms with Crippen LogP contribution in [0.4, 0.5) is 34.9 Å². The summed E-state index contributed by atoms with van der Waals surface area (Å²) in [6.07, 6.45) is 10.7. The maximum atomic E-state index is 4.89. The van der Waals surface area contributed by atoms with Gasteiger partial charge in [-0.2, -0.15) is 0 Å². The van der Waals surface area contributed by atoms with E-state index in [0.29, 0.717) is 0 Å². The zero-order valence-electron chi connectivity index (χ0n) is 66.8. The summed E-state index contributed by atoms with van der Waals surface area (Å²) in [6.45, 7) is 0. The molecule has 612 valence electrons. The number of aromatic nitrogens is 6. The molecule has 0 aliphatic carbocycles. The summed E-state index contributed by atoms with van der Waals surface area (Å²) in [5.74, 6) is 4.80. The summed E-state index contributed by atoms with van der Waals surface area (Å²) >= 11 is 0. The molecule has 6 aromatic heterocycles. The number of hydrogen-bond acceptors (Lipinski definition) is 6. The zero-order valence-corrected chi connectivity index (χ0v) is 77.5. The molecule has 0 saturated carbocycles. The van der Waals surface area contributed by atoms with Crippen LogP contribution in [0.1, 0.15) is 0 Å². The molecule has 12 nitrogen and oxygen atoms in total. The van der Waals surface area contributed by atoms with Gasteiger partial charge in [0.1, 0.15) is 63.7 Å². The average molecular weight is 1990 g/mol. The van der Waals surface area contributed by atoms with Gasteiger partial charge in [0, 0.05) is 0 Å². The molecule has 0 spiro atoms. The summed E-state index contributed by atoms with van der Waals surface area (Å²) in [4.78, 5) is 26.0. The van der Waals surface area contributed by atoms with E-state index in [2.05, 4.69) is 321 Å². The van der Waals surface area contributed by atoms with Crippen LogP contribution in [-0.2, 0) is 61.3 Å². The third-order valence-electron chi connectivity index (χ3n) is 17.8. The molecule has 0 amide bonds. The molecular formula is C102H90N12P6Pd3+6. The molecule has 0 unspecified atom stereocenters. The second kappa shape index (κ2) is 54.4. The SMILES string of the molecule is [Pd+2].[Pd+2].[Pd+2].c1ccc([PH+]([N-]c2ccccn2)c2ccccc2)cc1.c1ccc([PH+]([N-]c2ccccn2)c2ccccc2)cc1.c1ccc([PH+]([N-]c2ccccn2)c2ccccc2)cc1.c1ccc([PH+]([N-]c2ccccn2)c2ccccc2)cc1.c1ccc([PH+]([N-]c2ccccn2)c2ccccc2)cc1.c1ccc([PH+]([N-]c2ccccn2)c2ccccc2)cc1. The van der Waals surface area contributed by atoms with Gasteiger partial charge in [0.05, 0.1) is 48.4 Å². The third kappa shape index (κ3) is 31.3. The van der Waals surface area contributed by atoms with Gasteiger partial charge >= 0.3 is 61.3 Å². The Labute approximate surface area is 772 Å². The molecular weight excluding hydrogens is 1900 g/mol. The fourth-order valence-corrected chi connectivity index (χ4v) is 23.9. The molecule has 0 N–H and O–H groups in total. The summed E-state index contributed by atoms with van der Waals surface area (Å²) in [6, 6.07) is 161. The van der Waals surface area contributed by atoms with Crippen LogP contribution in [0.3, 0.4) is 0 Å². The van der Waals surface area contributed by atoms with Gasteiger partial charge in [0.2, 0.25) is 0 Å². The van der Waals surface area contributed by atoms with Gasteiger partial charge in [-0.1, -0.05) is 365 Å². The molecule has 0 bridgehead atoms. The first kappa shape index (κ1) is 94.2. The quantitative estimate of drug-likeness (QED) is 0.0432. The maximum absolute atomic E-state index is 4.89. The van der Waals surface area contributed by atoms with E-state index < -0.39 is 48.4 Å². The minimum absolute atomic E-state index is 0. The maximum Gasteiger partial charge on any atom is 2.00 e. The predicted molar refractivity (Wildman–Crippen MR) is 526 cm³/mol. The van der Waals surface area contributed by atoms with E-state index in [1.165, 1.54) is 63.7 Å². The summed E-state index contributed by atoms with van der Waals surface area (Å²) in [5, 5.41) is 44.6. The van der Waals surface area contributed by atoms with E-state index in [0.717, 1.165) is 34.9 Å². The Hall–Kier alpha value is -11.1. The van der Waals surface area contributed by atoms with Crippen LogP contribution in [0.25, 0.3) is 30.5 Å². The molecule has 12 aromatic carbocycles. The Morgan fingerprint density at radius 3 is 0.285 bits per heavy atom. The molecule has 0 atom stereocenters. The van der Waals surface area contributed by atoms with Gasteiger partial charge in [-0.25, -0.2) is 0 Å². The Bertz CT molecular complexity index is 4570. The Morgan fingerprint density at radius 2 is 0.203 bits per heavy atom. The van der Waals surface area contributed by atoms with Crippen LogP contribution in [0, 0.1) is 0 Å². The van der Waals surface area contributed by atoms with Crippen molar-refractivity contribution >= 4 is 147 Å². The van der Waals surface area contributed by atoms with E-state index >= 15 is 0 Å². The molecule has 123 heavy (non-hydrogen) atoms. The topological polar surface area (TPSA) is 162 Å². The van der Waals surface area contributed by atoms with E-state index in [9.17, 15) is 0 Å². The molecule has 6 heterocycles. The Balaban J connectivity index is 0.000000154. The fraction of sp³-hybridized carbons (Fsp3) is 0. The van der Waals surface area contributed by atoms with Crippen LogP contribution >= 0.6 is 48.4 Å². The molecule has 0 radical (unpaired) electrons. The smallest absolute Gasteiger partial charge is 0.440 e. The number of rotatable bonds is 24. The zero-order chi connectivity index (χ0) is 81.7. The standard InChI is InChI=1S/6C17H15N2P.3Pd/c6*1-3-9-15(10-4-1)20(16-11-5-2-6-12-16)19-17-13-7-8-14-18-17;;;/h6*1-14,20H;;;/q;;;;;;3*+2. The molecule has 21 heteroatoms. The second-order valence-corrected chi connectivity index (χ2v) is 38.7. The largest absolute Gasteiger partial charge is 2.00 e. The number of pyridine rings is 6. The van der Waals surface area contributed by atoms with Crippen LogP contribution in [-0.4, -0.2) is 29.9 Å². The van der Waals surface area contributed by atoms with E-state index in [4.69, 9.17) is 30.5 Å². The van der Waals surface area contributed by atoms with Crippen molar-refractivity contribution in [2.24, 2.45) is 0 Å². The van der Waals surface area contributed by atoms with Crippen molar-refractivity contribution in [3.63, 3.8) is 0 Å². The van der Waals surface area contributed by atoms with Crippen molar-refractivity contribution in [1.82, 2.24) is 29.9 Å². The van der Waals surface area contributed by atoms with E-state index in [1.807, 2.05) is 182 Å². The van der Waals surface area contributed by atoms with Crippen molar-refractivity contribution in [3.8, 4) is 0 Å². The number of benzene rings is 12. The first-order valence-electron chi connectivity index (χ1n) is 39.2. The second-order valence-electron chi connectivity index (χ2n) is 26.3. The predicted octanol–water partition coefficient (Wildman–Crippen LogP) is 23.2. The van der Waals surface area contributed by atoms with Crippen molar-refractivity contribution < 1.29 is 61.3 Å². The first-order valence-corrected chi connectivity index (χ1v) is 47.9. The molecule has 0 saturated heterocycles. The summed E-state index contributed by atoms with van der Waals surface area (Å²) in [7, 11) is -7.14. The van der Waals surface area contributed by atoms with Gasteiger partial charge in [0.15, 0.2) is 0 Å². The van der Waals surface area contributed by atoms with Gasteiger partial charge in [-0.05, 0) is 180 Å². The number of hydrogen-bond donors (Lipinski definition) is 0. The van der Waals surface area contributed by atoms with Gasteiger partial charge in [-0.15, -0.1) is 0 Å². The minimum Gasteiger partial charge on any atom is -0.440 e. The third-order valence-corrected chi connectivity index (χ3v) is 31.1. The van der Waals surface area contributed by atoms with Crippen molar-refractivity contribution in [3.05, 3.63) is 541 Å². The van der Waals surface area contributed by atoms with Gasteiger partial charge in [-0.3, -0.25) is 0 Å². The summed E-state index contributed by atoms with van der Waals surface area (Å²) < 4.78 is 0. The monoisotopic (exact) mass is 1990 g/mol. The fourth-order valence-electron chi connectivity index (χ4n) is 12.1. The van der Waals surface area contributed by atoms with Crippen LogP contribution in [0.15, 0.2) is 510 Å². The van der Waals surface area contributed by atoms with Crippen molar-refractivity contribution in [2.45, 2.75) is 0 Å². The Kier molecular flexibility index (Phi) is 41.7. The number of nitrogens with zero attached hydrogens (tertiary/aromatic N) is 12. The summed E-state index contributed by atoms with van der Waals surface area (Å²) in [5.41, 5.74) is 0.